The molecule has 56 heavy (non-hydrogen) atoms. The van der Waals surface area contributed by atoms with Gasteiger partial charge < -0.3 is 33.5 Å². The van der Waals surface area contributed by atoms with E-state index >= 15 is 0 Å². The van der Waals surface area contributed by atoms with Crippen LogP contribution in [-0.2, 0) is 50.2 Å². The van der Waals surface area contributed by atoms with Crippen molar-refractivity contribution in [1.29, 1.82) is 0 Å². The van der Waals surface area contributed by atoms with Crippen molar-refractivity contribution in [2.75, 3.05) is 48.5 Å². The van der Waals surface area contributed by atoms with E-state index in [0.717, 1.165) is 59.5 Å². The Labute approximate surface area is 328 Å². The minimum Gasteiger partial charge on any atom is -0.493 e. The van der Waals surface area contributed by atoms with Gasteiger partial charge in [-0.2, -0.15) is 0 Å². The van der Waals surface area contributed by atoms with Gasteiger partial charge in [-0.1, -0.05) is 30.3 Å². The van der Waals surface area contributed by atoms with Gasteiger partial charge in [0.15, 0.2) is 23.0 Å². The Morgan fingerprint density at radius 1 is 0.732 bits per heavy atom. The first-order valence-corrected chi connectivity index (χ1v) is 19.2. The molecule has 0 radical (unpaired) electrons. The highest BCUT2D eigenvalue weighted by atomic mass is 19.1. The highest BCUT2D eigenvalue weighted by Crippen LogP contribution is 2.53. The number of benzene rings is 5. The average Bonchev–Trinajstić information content (AvgIpc) is 3.21. The second kappa shape index (κ2) is 16.2. The maximum atomic E-state index is 13.7. The first-order chi connectivity index (χ1) is 27.3. The van der Waals surface area contributed by atoms with E-state index in [-0.39, 0.29) is 31.1 Å². The lowest BCUT2D eigenvalue weighted by atomic mass is 9.84. The molecule has 0 aromatic heterocycles. The van der Waals surface area contributed by atoms with Crippen molar-refractivity contribution in [3.05, 3.63) is 135 Å². The SMILES string of the molecule is COc1ccc2cc1Oc1ccc(cc1)C[C@H]1c3cc(c(CO)cc3CCN1C)Oc1c(OC)c(OC)c(COCc3ccc(F)cc3)c3c1[C@H](C2)N(C)CC3. The van der Waals surface area contributed by atoms with Crippen molar-refractivity contribution in [2.24, 2.45) is 0 Å². The third-order valence-electron chi connectivity index (χ3n) is 11.6. The summed E-state index contributed by atoms with van der Waals surface area (Å²) in [5, 5.41) is 10.8. The molecule has 2 atom stereocenters. The molecular formula is C46H49FN2O7. The molecule has 0 saturated carbocycles. The summed E-state index contributed by atoms with van der Waals surface area (Å²) in [5.41, 5.74) is 9.12. The maximum Gasteiger partial charge on any atom is 0.204 e. The van der Waals surface area contributed by atoms with Crippen LogP contribution >= 0.6 is 0 Å². The minimum atomic E-state index is -0.289. The Kier molecular flexibility index (Phi) is 10.9. The monoisotopic (exact) mass is 760 g/mol. The molecule has 5 aromatic carbocycles. The number of hydrogen-bond donors (Lipinski definition) is 1. The second-order valence-corrected chi connectivity index (χ2v) is 14.9. The van der Waals surface area contributed by atoms with Gasteiger partial charge in [-0.3, -0.25) is 9.80 Å². The number of methoxy groups -OCH3 is 3. The standard InChI is InChI=1S/C46H49FN2O7/c1-48-18-16-31-23-32(25-50)41-24-36(31)38(48)20-28-8-13-34(14-9-28)55-42-22-30(10-15-40(42)51-3)21-39-43-35(17-19-49(39)2)37(44(52-4)46(53-5)45(43)56-41)27-54-26-29-6-11-33(47)12-7-29/h6-15,22-24,38-39,50H,16-21,25-27H2,1-5H3/t38-,39-/m0/s1. The largest absolute Gasteiger partial charge is 0.493 e. The summed E-state index contributed by atoms with van der Waals surface area (Å²) in [6, 6.07) is 24.9. The molecule has 4 aliphatic heterocycles. The Morgan fingerprint density at radius 3 is 2.18 bits per heavy atom. The van der Waals surface area contributed by atoms with Gasteiger partial charge in [0.1, 0.15) is 17.3 Å². The first-order valence-electron chi connectivity index (χ1n) is 19.2. The molecule has 0 unspecified atom stereocenters. The van der Waals surface area contributed by atoms with Crippen LogP contribution in [0.3, 0.4) is 0 Å². The van der Waals surface area contributed by atoms with Gasteiger partial charge >= 0.3 is 0 Å². The molecule has 9 rings (SSSR count). The van der Waals surface area contributed by atoms with Crippen LogP contribution in [0.1, 0.15) is 62.2 Å². The summed E-state index contributed by atoms with van der Waals surface area (Å²) in [5.74, 6) is 3.85. The van der Waals surface area contributed by atoms with Crippen LogP contribution in [0.2, 0.25) is 0 Å². The predicted molar refractivity (Wildman–Crippen MR) is 212 cm³/mol. The van der Waals surface area contributed by atoms with Crippen molar-refractivity contribution in [1.82, 2.24) is 9.80 Å². The van der Waals surface area contributed by atoms with E-state index in [1.807, 2.05) is 18.2 Å². The van der Waals surface area contributed by atoms with Gasteiger partial charge in [0.2, 0.25) is 5.75 Å². The number of halogens is 1. The summed E-state index contributed by atoms with van der Waals surface area (Å²) in [6.45, 7) is 2.03. The molecule has 6 bridgehead atoms. The highest BCUT2D eigenvalue weighted by molar-refractivity contribution is 5.67. The molecule has 0 spiro atoms. The quantitative estimate of drug-likeness (QED) is 0.168. The molecule has 10 heteroatoms. The van der Waals surface area contributed by atoms with Crippen LogP contribution in [-0.4, -0.2) is 63.4 Å². The fourth-order valence-electron chi connectivity index (χ4n) is 8.56. The van der Waals surface area contributed by atoms with E-state index in [9.17, 15) is 9.50 Å². The third kappa shape index (κ3) is 7.30. The van der Waals surface area contributed by atoms with Gasteiger partial charge in [0.25, 0.3) is 0 Å². The summed E-state index contributed by atoms with van der Waals surface area (Å²) in [6.07, 6.45) is 2.99. The van der Waals surface area contributed by atoms with E-state index in [4.69, 9.17) is 28.4 Å². The lowest BCUT2D eigenvalue weighted by molar-refractivity contribution is 0.103. The lowest BCUT2D eigenvalue weighted by Gasteiger charge is -2.38. The van der Waals surface area contributed by atoms with E-state index in [0.29, 0.717) is 59.5 Å². The van der Waals surface area contributed by atoms with Crippen molar-refractivity contribution in [3.63, 3.8) is 0 Å². The number of rotatable bonds is 8. The Balaban J connectivity index is 1.33. The number of hydrogen-bond acceptors (Lipinski definition) is 9. The van der Waals surface area contributed by atoms with Crippen LogP contribution in [0.4, 0.5) is 4.39 Å². The Morgan fingerprint density at radius 2 is 1.45 bits per heavy atom. The van der Waals surface area contributed by atoms with Crippen molar-refractivity contribution < 1.29 is 37.9 Å². The molecule has 4 aliphatic rings. The van der Waals surface area contributed by atoms with Crippen molar-refractivity contribution in [3.8, 4) is 40.2 Å². The lowest BCUT2D eigenvalue weighted by Crippen LogP contribution is -2.35. The van der Waals surface area contributed by atoms with E-state index in [2.05, 4.69) is 60.3 Å². The molecule has 9 nitrogen and oxygen atoms in total. The average molecular weight is 761 g/mol. The smallest absolute Gasteiger partial charge is 0.204 e. The summed E-state index contributed by atoms with van der Waals surface area (Å²) >= 11 is 0. The fraction of sp³-hybridized carbons (Fsp3) is 0.348. The van der Waals surface area contributed by atoms with Crippen LogP contribution < -0.4 is 23.7 Å². The van der Waals surface area contributed by atoms with Crippen LogP contribution in [0, 0.1) is 5.82 Å². The summed E-state index contributed by atoms with van der Waals surface area (Å²) in [4.78, 5) is 4.73. The van der Waals surface area contributed by atoms with E-state index in [1.165, 1.54) is 28.8 Å². The molecule has 5 aromatic rings. The Bertz CT molecular complexity index is 2210. The van der Waals surface area contributed by atoms with Crippen molar-refractivity contribution in [2.45, 2.75) is 57.6 Å². The van der Waals surface area contributed by atoms with E-state index < -0.39 is 0 Å². The normalized spacial score (nSPS) is 17.9. The van der Waals surface area contributed by atoms with Gasteiger partial charge in [0, 0.05) is 41.9 Å². The molecule has 0 saturated heterocycles. The number of aliphatic hydroxyl groups is 1. The van der Waals surface area contributed by atoms with Gasteiger partial charge in [-0.25, -0.2) is 4.39 Å². The molecule has 0 amide bonds. The molecule has 4 heterocycles. The third-order valence-corrected chi connectivity index (χ3v) is 11.6. The van der Waals surface area contributed by atoms with Gasteiger partial charge in [0.05, 0.1) is 41.2 Å². The number of likely N-dealkylation sites (N-methyl/N-ethyl adjacent to an activating group) is 2. The summed E-state index contributed by atoms with van der Waals surface area (Å²) in [7, 11) is 9.22. The first kappa shape index (κ1) is 37.8. The minimum absolute atomic E-state index is 0.0844. The maximum absolute atomic E-state index is 13.7. The van der Waals surface area contributed by atoms with Gasteiger partial charge in [-0.05, 0) is 122 Å². The molecule has 0 fully saturated rings. The topological polar surface area (TPSA) is 82.1 Å². The summed E-state index contributed by atoms with van der Waals surface area (Å²) < 4.78 is 51.9. The number of aliphatic hydroxyl groups excluding tert-OH is 1. The zero-order valence-corrected chi connectivity index (χ0v) is 32.7. The number of fused-ring (bicyclic) bond motifs is 2. The van der Waals surface area contributed by atoms with Crippen LogP contribution in [0.15, 0.2) is 78.9 Å². The molecular weight excluding hydrogens is 712 g/mol. The molecule has 0 aliphatic carbocycles. The molecule has 292 valence electrons. The number of nitrogens with zero attached hydrogens (tertiary/aromatic N) is 2. The number of ether oxygens (including phenoxy) is 6. The molecule has 1 N–H and O–H groups in total. The van der Waals surface area contributed by atoms with Crippen LogP contribution in [0.5, 0.6) is 40.2 Å². The van der Waals surface area contributed by atoms with Gasteiger partial charge in [-0.15, -0.1) is 0 Å². The predicted octanol–water partition coefficient (Wildman–Crippen LogP) is 8.50. The second-order valence-electron chi connectivity index (χ2n) is 14.9. The highest BCUT2D eigenvalue weighted by Gasteiger charge is 2.37. The van der Waals surface area contributed by atoms with Crippen LogP contribution in [0.25, 0.3) is 0 Å². The van der Waals surface area contributed by atoms with Crippen molar-refractivity contribution >= 4 is 0 Å². The fourth-order valence-corrected chi connectivity index (χ4v) is 8.56. The Hall–Kier alpha value is -5.13. The zero-order chi connectivity index (χ0) is 38.9. The zero-order valence-electron chi connectivity index (χ0n) is 32.7. The van der Waals surface area contributed by atoms with E-state index in [1.54, 1.807) is 33.5 Å².